The minimum Gasteiger partial charge on any atom is -0.294 e. The van der Waals surface area contributed by atoms with E-state index in [4.69, 9.17) is 15.5 Å². The van der Waals surface area contributed by atoms with Gasteiger partial charge in [-0.25, -0.2) is 8.78 Å². The molecule has 8 heteroatoms. The summed E-state index contributed by atoms with van der Waals surface area (Å²) in [6, 6.07) is 7.28. The van der Waals surface area contributed by atoms with Crippen molar-refractivity contribution in [3.05, 3.63) is 70.3 Å². The average molecular weight is 372 g/mol. The Labute approximate surface area is 158 Å². The molecule has 2 aromatic carbocycles. The summed E-state index contributed by atoms with van der Waals surface area (Å²) >= 11 is 0. The van der Waals surface area contributed by atoms with Crippen molar-refractivity contribution in [2.24, 2.45) is 15.0 Å². The molecule has 0 amide bonds. The molecule has 3 unspecified atom stereocenters. The monoisotopic (exact) mass is 372 g/mol. The maximum absolute atomic E-state index is 13.8. The van der Waals surface area contributed by atoms with Crippen molar-refractivity contribution in [1.29, 1.82) is 10.5 Å². The molecule has 3 atom stereocenters. The minimum atomic E-state index is -0.447. The molecule has 0 saturated carbocycles. The van der Waals surface area contributed by atoms with Gasteiger partial charge in [0.25, 0.3) is 0 Å². The first-order chi connectivity index (χ1) is 13.6. The average Bonchev–Trinajstić information content (AvgIpc) is 3.13. The van der Waals surface area contributed by atoms with Gasteiger partial charge in [0, 0.05) is 11.1 Å². The molecule has 1 heterocycles. The quantitative estimate of drug-likeness (QED) is 0.720. The fraction of sp³-hybridized carbons (Fsp3) is 0.150. The summed E-state index contributed by atoms with van der Waals surface area (Å²) in [6.07, 6.45) is 3.54. The van der Waals surface area contributed by atoms with E-state index in [0.29, 0.717) is 28.3 Å². The van der Waals surface area contributed by atoms with E-state index in [1.54, 1.807) is 24.5 Å². The van der Waals surface area contributed by atoms with Gasteiger partial charge in [-0.15, -0.1) is 0 Å². The zero-order valence-corrected chi connectivity index (χ0v) is 14.2. The SMILES string of the molecule is N#CN=C1C2=NC3c4ccc(F)cc4C(=NC#N)C3NC2c2ccc(F)cc21. The molecule has 0 spiro atoms. The van der Waals surface area contributed by atoms with Gasteiger partial charge in [-0.05, 0) is 35.4 Å². The number of benzene rings is 2. The van der Waals surface area contributed by atoms with Crippen LogP contribution in [0.2, 0.25) is 0 Å². The maximum atomic E-state index is 13.8. The largest absolute Gasteiger partial charge is 0.294 e. The van der Waals surface area contributed by atoms with E-state index >= 15 is 0 Å². The topological polar surface area (TPSA) is 96.7 Å². The summed E-state index contributed by atoms with van der Waals surface area (Å²) in [5, 5.41) is 21.6. The molecule has 1 aliphatic heterocycles. The molecule has 2 aliphatic carbocycles. The minimum absolute atomic E-state index is 0.322. The Morgan fingerprint density at radius 3 is 2.32 bits per heavy atom. The molecule has 0 radical (unpaired) electrons. The smallest absolute Gasteiger partial charge is 0.206 e. The van der Waals surface area contributed by atoms with E-state index in [1.165, 1.54) is 24.3 Å². The third kappa shape index (κ3) is 2.16. The molecule has 1 N–H and O–H groups in total. The van der Waals surface area contributed by atoms with Crippen molar-refractivity contribution in [1.82, 2.24) is 5.32 Å². The Hall–Kier alpha value is -3.75. The lowest BCUT2D eigenvalue weighted by atomic mass is 9.99. The number of hydrogen-bond acceptors (Lipinski definition) is 6. The zero-order valence-electron chi connectivity index (χ0n) is 14.2. The van der Waals surface area contributed by atoms with Gasteiger partial charge in [-0.1, -0.05) is 12.1 Å². The molecule has 28 heavy (non-hydrogen) atoms. The number of nitrogens with one attached hydrogen (secondary N) is 1. The van der Waals surface area contributed by atoms with Crippen LogP contribution in [0.15, 0.2) is 51.4 Å². The molecule has 0 aromatic heterocycles. The molecule has 0 bridgehead atoms. The summed E-state index contributed by atoms with van der Waals surface area (Å²) in [6.45, 7) is 0. The Bertz CT molecular complexity index is 1210. The second-order valence-corrected chi connectivity index (χ2v) is 6.66. The van der Waals surface area contributed by atoms with Crippen LogP contribution in [-0.4, -0.2) is 23.2 Å². The van der Waals surface area contributed by atoms with Crippen LogP contribution in [0.4, 0.5) is 8.78 Å². The highest BCUT2D eigenvalue weighted by Gasteiger charge is 2.47. The summed E-state index contributed by atoms with van der Waals surface area (Å²) in [5.41, 5.74) is 3.78. The van der Waals surface area contributed by atoms with Crippen molar-refractivity contribution in [3.63, 3.8) is 0 Å². The zero-order chi connectivity index (χ0) is 19.4. The lowest BCUT2D eigenvalue weighted by Crippen LogP contribution is -2.45. The van der Waals surface area contributed by atoms with E-state index in [9.17, 15) is 8.78 Å². The number of halogens is 2. The molecule has 5 rings (SSSR count). The van der Waals surface area contributed by atoms with Crippen LogP contribution in [0, 0.1) is 34.5 Å². The van der Waals surface area contributed by atoms with Crippen molar-refractivity contribution in [3.8, 4) is 12.4 Å². The normalized spacial score (nSPS) is 26.7. The molecule has 134 valence electrons. The highest BCUT2D eigenvalue weighted by atomic mass is 19.1. The van der Waals surface area contributed by atoms with Gasteiger partial charge in [0.15, 0.2) is 0 Å². The summed E-state index contributed by atoms with van der Waals surface area (Å²) < 4.78 is 27.6. The van der Waals surface area contributed by atoms with Gasteiger partial charge in [0.05, 0.1) is 29.5 Å². The van der Waals surface area contributed by atoms with Crippen LogP contribution in [0.25, 0.3) is 0 Å². The van der Waals surface area contributed by atoms with Crippen LogP contribution < -0.4 is 5.32 Å². The first-order valence-corrected chi connectivity index (χ1v) is 8.49. The third-order valence-electron chi connectivity index (χ3n) is 5.27. The van der Waals surface area contributed by atoms with Gasteiger partial charge in [0.2, 0.25) is 12.4 Å². The first kappa shape index (κ1) is 16.4. The number of nitriles is 2. The summed E-state index contributed by atoms with van der Waals surface area (Å²) in [5.74, 6) is -0.861. The van der Waals surface area contributed by atoms with Crippen molar-refractivity contribution in [2.45, 2.75) is 18.1 Å². The Kier molecular flexibility index (Phi) is 3.45. The fourth-order valence-corrected chi connectivity index (χ4v) is 4.21. The third-order valence-corrected chi connectivity index (χ3v) is 5.27. The predicted octanol–water partition coefficient (Wildman–Crippen LogP) is 2.73. The fourth-order valence-electron chi connectivity index (χ4n) is 4.21. The van der Waals surface area contributed by atoms with Gasteiger partial charge >= 0.3 is 0 Å². The van der Waals surface area contributed by atoms with Crippen molar-refractivity contribution in [2.75, 3.05) is 0 Å². The van der Waals surface area contributed by atoms with E-state index in [0.717, 1.165) is 11.1 Å². The van der Waals surface area contributed by atoms with Crippen molar-refractivity contribution >= 4 is 17.1 Å². The second-order valence-electron chi connectivity index (χ2n) is 6.66. The van der Waals surface area contributed by atoms with Gasteiger partial charge in [0.1, 0.15) is 17.3 Å². The van der Waals surface area contributed by atoms with Crippen LogP contribution in [0.5, 0.6) is 0 Å². The second kappa shape index (κ2) is 5.88. The van der Waals surface area contributed by atoms with Crippen LogP contribution in [0.3, 0.4) is 0 Å². The number of nitrogens with zero attached hydrogens (tertiary/aromatic N) is 5. The van der Waals surface area contributed by atoms with Crippen LogP contribution >= 0.6 is 0 Å². The lowest BCUT2D eigenvalue weighted by molar-refractivity contribution is 0.499. The molecular weight excluding hydrogens is 362 g/mol. The number of fused-ring (bicyclic) bond motifs is 6. The van der Waals surface area contributed by atoms with Gasteiger partial charge < -0.3 is 0 Å². The molecule has 0 saturated heterocycles. The highest BCUT2D eigenvalue weighted by molar-refractivity contribution is 6.53. The highest BCUT2D eigenvalue weighted by Crippen LogP contribution is 2.43. The summed E-state index contributed by atoms with van der Waals surface area (Å²) in [4.78, 5) is 12.6. The molecular formula is C20H10F2N6. The van der Waals surface area contributed by atoms with Crippen molar-refractivity contribution < 1.29 is 8.78 Å². The Balaban J connectivity index is 1.72. The summed E-state index contributed by atoms with van der Waals surface area (Å²) in [7, 11) is 0. The van der Waals surface area contributed by atoms with Gasteiger partial charge in [-0.3, -0.25) is 10.3 Å². The van der Waals surface area contributed by atoms with Crippen LogP contribution in [-0.2, 0) is 0 Å². The molecule has 6 nitrogen and oxygen atoms in total. The molecule has 2 aromatic rings. The Morgan fingerprint density at radius 2 is 1.61 bits per heavy atom. The van der Waals surface area contributed by atoms with E-state index < -0.39 is 29.8 Å². The first-order valence-electron chi connectivity index (χ1n) is 8.49. The van der Waals surface area contributed by atoms with Crippen LogP contribution in [0.1, 0.15) is 34.3 Å². The Morgan fingerprint density at radius 1 is 0.929 bits per heavy atom. The predicted molar refractivity (Wildman–Crippen MR) is 96.9 cm³/mol. The lowest BCUT2D eigenvalue weighted by Gasteiger charge is -2.29. The number of hydrogen-bond donors (Lipinski definition) is 1. The molecule has 3 aliphatic rings. The van der Waals surface area contributed by atoms with E-state index in [2.05, 4.69) is 15.3 Å². The number of rotatable bonds is 0. The molecule has 0 fully saturated rings. The van der Waals surface area contributed by atoms with E-state index in [-0.39, 0.29) is 0 Å². The standard InChI is InChI=1S/C20H10F2N6/c21-9-1-3-11-13(5-9)15(25-7-23)19-17(11)27-20-16(26-8-24)14-6-10(22)2-4-12(14)18(20)28-19/h1-6,17-19,28H. The number of aliphatic imine (C=N–C) groups is 3. The van der Waals surface area contributed by atoms with E-state index in [1.807, 2.05) is 0 Å². The van der Waals surface area contributed by atoms with Gasteiger partial charge in [-0.2, -0.15) is 20.5 Å². The maximum Gasteiger partial charge on any atom is 0.206 e.